The van der Waals surface area contributed by atoms with Crippen molar-refractivity contribution in [3.63, 3.8) is 0 Å². The number of carbonyl (C=O) groups excluding carboxylic acids is 1. The molecule has 1 fully saturated rings. The number of carboxylic acid groups (broad SMARTS) is 1. The topological polar surface area (TPSA) is 113 Å². The van der Waals surface area contributed by atoms with Crippen LogP contribution in [-0.4, -0.2) is 55.0 Å². The third-order valence-corrected chi connectivity index (χ3v) is 6.15. The lowest BCUT2D eigenvalue weighted by atomic mass is 9.74. The van der Waals surface area contributed by atoms with Gasteiger partial charge in [-0.05, 0) is 34.1 Å². The van der Waals surface area contributed by atoms with Crippen molar-refractivity contribution in [1.29, 1.82) is 0 Å². The highest BCUT2D eigenvalue weighted by atomic mass is 32.2. The van der Waals surface area contributed by atoms with Crippen molar-refractivity contribution in [3.05, 3.63) is 0 Å². The van der Waals surface area contributed by atoms with Gasteiger partial charge in [-0.25, -0.2) is 8.42 Å². The molecule has 0 aromatic rings. The maximum atomic E-state index is 11.8. The number of rotatable bonds is 6. The van der Waals surface area contributed by atoms with Crippen LogP contribution in [0.25, 0.3) is 0 Å². The molecule has 1 aliphatic heterocycles. The van der Waals surface area contributed by atoms with Crippen molar-refractivity contribution < 1.29 is 23.1 Å². The predicted molar refractivity (Wildman–Crippen MR) is 78.7 cm³/mol. The Kier molecular flexibility index (Phi) is 5.05. The lowest BCUT2D eigenvalue weighted by molar-refractivity contribution is -0.151. The highest BCUT2D eigenvalue weighted by molar-refractivity contribution is 7.91. The average molecular weight is 320 g/mol. The minimum Gasteiger partial charge on any atom is -0.481 e. The Morgan fingerprint density at radius 2 is 1.81 bits per heavy atom. The Bertz CT molecular complexity index is 525. The molecular formula is C13H24N2O5S. The zero-order valence-electron chi connectivity index (χ0n) is 12.9. The van der Waals surface area contributed by atoms with E-state index in [2.05, 4.69) is 10.6 Å². The second-order valence-electron chi connectivity index (χ2n) is 6.58. The summed E-state index contributed by atoms with van der Waals surface area (Å²) in [5, 5.41) is 14.8. The highest BCUT2D eigenvalue weighted by Gasteiger charge is 2.43. The van der Waals surface area contributed by atoms with Crippen molar-refractivity contribution >= 4 is 21.7 Å². The van der Waals surface area contributed by atoms with Crippen LogP contribution in [-0.2, 0) is 19.4 Å². The molecule has 0 saturated carbocycles. The molecule has 0 aromatic carbocycles. The predicted octanol–water partition coefficient (Wildman–Crippen LogP) is -0.231. The first-order valence-corrected chi connectivity index (χ1v) is 8.68. The van der Waals surface area contributed by atoms with Gasteiger partial charge in [0.1, 0.15) is 0 Å². The Morgan fingerprint density at radius 1 is 1.24 bits per heavy atom. The number of carboxylic acids is 1. The lowest BCUT2D eigenvalue weighted by Gasteiger charge is -2.38. The van der Waals surface area contributed by atoms with Gasteiger partial charge in [-0.1, -0.05) is 0 Å². The van der Waals surface area contributed by atoms with E-state index in [1.54, 1.807) is 27.7 Å². The Morgan fingerprint density at radius 3 is 2.24 bits per heavy atom. The van der Waals surface area contributed by atoms with Gasteiger partial charge in [-0.3, -0.25) is 9.59 Å². The van der Waals surface area contributed by atoms with E-state index < -0.39 is 26.8 Å². The van der Waals surface area contributed by atoms with Crippen LogP contribution in [0, 0.1) is 5.41 Å². The molecule has 122 valence electrons. The van der Waals surface area contributed by atoms with Crippen molar-refractivity contribution in [1.82, 2.24) is 10.6 Å². The molecule has 1 atom stereocenters. The number of nitrogens with one attached hydrogen (secondary N) is 2. The van der Waals surface area contributed by atoms with Gasteiger partial charge < -0.3 is 15.7 Å². The largest absolute Gasteiger partial charge is 0.481 e. The summed E-state index contributed by atoms with van der Waals surface area (Å²) in [5.41, 5.74) is -1.85. The van der Waals surface area contributed by atoms with Crippen LogP contribution < -0.4 is 10.6 Å². The minimum atomic E-state index is -3.03. The summed E-state index contributed by atoms with van der Waals surface area (Å²) < 4.78 is 22.6. The first-order chi connectivity index (χ1) is 9.37. The van der Waals surface area contributed by atoms with Crippen molar-refractivity contribution in [2.24, 2.45) is 5.41 Å². The summed E-state index contributed by atoms with van der Waals surface area (Å²) in [5.74, 6) is -1.21. The highest BCUT2D eigenvalue weighted by Crippen LogP contribution is 2.30. The number of hydrogen-bond acceptors (Lipinski definition) is 5. The zero-order valence-corrected chi connectivity index (χ0v) is 13.7. The molecular weight excluding hydrogens is 296 g/mol. The molecule has 1 saturated heterocycles. The number of amides is 1. The fourth-order valence-corrected chi connectivity index (χ4v) is 3.65. The standard InChI is InChI=1S/C13H24N2O5S/c1-12(2,11(17)18)13(3,4)14-7-10(16)15-9-5-6-21(19,20)8-9/h9,14H,5-8H2,1-4H3,(H,15,16)(H,17,18). The molecule has 1 amide bonds. The normalized spacial score (nSPS) is 22.0. The van der Waals surface area contributed by atoms with Crippen LogP contribution in [0.2, 0.25) is 0 Å². The van der Waals surface area contributed by atoms with Gasteiger partial charge >= 0.3 is 5.97 Å². The number of sulfone groups is 1. The first kappa shape index (κ1) is 17.9. The van der Waals surface area contributed by atoms with Gasteiger partial charge in [0.15, 0.2) is 9.84 Å². The van der Waals surface area contributed by atoms with E-state index in [0.29, 0.717) is 6.42 Å². The molecule has 1 heterocycles. The maximum absolute atomic E-state index is 11.8. The molecule has 1 unspecified atom stereocenters. The van der Waals surface area contributed by atoms with Gasteiger partial charge in [-0.2, -0.15) is 0 Å². The second kappa shape index (κ2) is 5.92. The molecule has 0 aromatic heterocycles. The molecule has 21 heavy (non-hydrogen) atoms. The van der Waals surface area contributed by atoms with Gasteiger partial charge in [0, 0.05) is 11.6 Å². The maximum Gasteiger partial charge on any atom is 0.310 e. The van der Waals surface area contributed by atoms with Crippen LogP contribution in [0.3, 0.4) is 0 Å². The van der Waals surface area contributed by atoms with Crippen molar-refractivity contribution in [3.8, 4) is 0 Å². The van der Waals surface area contributed by atoms with Gasteiger partial charge in [0.2, 0.25) is 5.91 Å². The lowest BCUT2D eigenvalue weighted by Crippen LogP contribution is -2.57. The molecule has 1 rings (SSSR count). The van der Waals surface area contributed by atoms with Gasteiger partial charge in [0.25, 0.3) is 0 Å². The second-order valence-corrected chi connectivity index (χ2v) is 8.80. The number of carbonyl (C=O) groups is 2. The minimum absolute atomic E-state index is 0.0250. The van der Waals surface area contributed by atoms with E-state index in [1.165, 1.54) is 0 Å². The number of aliphatic carboxylic acids is 1. The van der Waals surface area contributed by atoms with Crippen LogP contribution >= 0.6 is 0 Å². The zero-order chi connectivity index (χ0) is 16.5. The SMILES string of the molecule is CC(C)(NCC(=O)NC1CCS(=O)(=O)C1)C(C)(C)C(=O)O. The summed E-state index contributed by atoms with van der Waals surface area (Å²) in [6, 6.07) is -0.347. The van der Waals surface area contributed by atoms with Crippen LogP contribution in [0.1, 0.15) is 34.1 Å². The number of hydrogen-bond donors (Lipinski definition) is 3. The van der Waals surface area contributed by atoms with E-state index in [9.17, 15) is 23.1 Å². The van der Waals surface area contributed by atoms with Crippen LogP contribution in [0.5, 0.6) is 0 Å². The van der Waals surface area contributed by atoms with E-state index >= 15 is 0 Å². The third kappa shape index (κ3) is 4.41. The smallest absolute Gasteiger partial charge is 0.310 e. The summed E-state index contributed by atoms with van der Waals surface area (Å²) in [7, 11) is -3.03. The Balaban J connectivity index is 2.52. The van der Waals surface area contributed by atoms with Crippen LogP contribution in [0.15, 0.2) is 0 Å². The fraction of sp³-hybridized carbons (Fsp3) is 0.846. The van der Waals surface area contributed by atoms with Crippen molar-refractivity contribution in [2.45, 2.75) is 45.7 Å². The van der Waals surface area contributed by atoms with Gasteiger partial charge in [0.05, 0.1) is 23.5 Å². The molecule has 0 aliphatic carbocycles. The van der Waals surface area contributed by atoms with Crippen LogP contribution in [0.4, 0.5) is 0 Å². The molecule has 0 bridgehead atoms. The van der Waals surface area contributed by atoms with E-state index in [-0.39, 0.29) is 30.0 Å². The van der Waals surface area contributed by atoms with E-state index in [0.717, 1.165) is 0 Å². The van der Waals surface area contributed by atoms with Gasteiger partial charge in [-0.15, -0.1) is 0 Å². The molecule has 3 N–H and O–H groups in total. The molecule has 7 nitrogen and oxygen atoms in total. The van der Waals surface area contributed by atoms with E-state index in [1.807, 2.05) is 0 Å². The van der Waals surface area contributed by atoms with E-state index in [4.69, 9.17) is 0 Å². The summed E-state index contributed by atoms with van der Waals surface area (Å²) in [6.45, 7) is 6.55. The monoisotopic (exact) mass is 320 g/mol. The Labute approximate surface area is 125 Å². The quantitative estimate of drug-likeness (QED) is 0.623. The molecule has 1 aliphatic rings. The summed E-state index contributed by atoms with van der Waals surface area (Å²) in [6.07, 6.45) is 0.429. The van der Waals surface area contributed by atoms with Crippen molar-refractivity contribution in [2.75, 3.05) is 18.1 Å². The third-order valence-electron chi connectivity index (χ3n) is 4.39. The first-order valence-electron chi connectivity index (χ1n) is 6.85. The summed E-state index contributed by atoms with van der Waals surface area (Å²) >= 11 is 0. The molecule has 0 radical (unpaired) electrons. The molecule has 0 spiro atoms. The average Bonchev–Trinajstić information content (AvgIpc) is 2.65. The summed E-state index contributed by atoms with van der Waals surface area (Å²) in [4.78, 5) is 23.1. The molecule has 8 heteroatoms. The Hall–Kier alpha value is -1.15. The fourth-order valence-electron chi connectivity index (χ4n) is 1.98.